The normalized spacial score (nSPS) is 44.9. The monoisotopic (exact) mass is 241 g/mol. The average Bonchev–Trinajstić information content (AvgIpc) is 2.21. The molecule has 1 nitrogen and oxygen atoms in total. The van der Waals surface area contributed by atoms with E-state index in [1.165, 1.54) is 25.7 Å². The number of hydrogen-bond acceptors (Lipinski definition) is 1. The molecule has 2 heteroatoms. The number of hydrogen-bond donors (Lipinski definition) is 1. The maximum absolute atomic E-state index is 3.78. The minimum atomic E-state index is 0. The van der Waals surface area contributed by atoms with Gasteiger partial charge in [-0.2, -0.15) is 0 Å². The SMILES string of the molecule is C/C=C/CNC1C2CC3CC(C2)CC1C3.Cl. The number of rotatable bonds is 3. The van der Waals surface area contributed by atoms with E-state index in [1.807, 2.05) is 0 Å². The van der Waals surface area contributed by atoms with Crippen molar-refractivity contribution in [1.82, 2.24) is 5.32 Å². The van der Waals surface area contributed by atoms with E-state index in [1.54, 1.807) is 6.42 Å². The van der Waals surface area contributed by atoms with Gasteiger partial charge in [0.05, 0.1) is 0 Å². The summed E-state index contributed by atoms with van der Waals surface area (Å²) in [5, 5.41) is 3.78. The molecular formula is C14H24ClN. The molecule has 0 aromatic rings. The minimum absolute atomic E-state index is 0. The van der Waals surface area contributed by atoms with E-state index >= 15 is 0 Å². The Labute approximate surface area is 105 Å². The van der Waals surface area contributed by atoms with Crippen LogP contribution in [-0.2, 0) is 0 Å². The van der Waals surface area contributed by atoms with Gasteiger partial charge in [0.1, 0.15) is 0 Å². The largest absolute Gasteiger partial charge is 0.310 e. The molecule has 0 atom stereocenters. The summed E-state index contributed by atoms with van der Waals surface area (Å²) in [4.78, 5) is 0. The summed E-state index contributed by atoms with van der Waals surface area (Å²) >= 11 is 0. The summed E-state index contributed by atoms with van der Waals surface area (Å²) in [6.07, 6.45) is 12.1. The highest BCUT2D eigenvalue weighted by Gasteiger charge is 2.47. The molecule has 0 radical (unpaired) electrons. The van der Waals surface area contributed by atoms with Gasteiger partial charge >= 0.3 is 0 Å². The van der Waals surface area contributed by atoms with E-state index in [-0.39, 0.29) is 12.4 Å². The molecule has 0 aromatic carbocycles. The second-order valence-corrected chi connectivity index (χ2v) is 5.93. The molecule has 4 rings (SSSR count). The molecule has 4 aliphatic carbocycles. The molecule has 0 heterocycles. The van der Waals surface area contributed by atoms with Crippen LogP contribution in [0.3, 0.4) is 0 Å². The lowest BCUT2D eigenvalue weighted by molar-refractivity contribution is -0.0123. The number of halogens is 1. The standard InChI is InChI=1S/C14H23N.ClH/c1-2-3-4-15-14-12-6-10-5-11(8-12)9-13(14)7-10;/h2-3,10-15H,4-9H2,1H3;1H/b3-2+;. The minimum Gasteiger partial charge on any atom is -0.310 e. The van der Waals surface area contributed by atoms with E-state index in [2.05, 4.69) is 24.4 Å². The summed E-state index contributed by atoms with van der Waals surface area (Å²) in [5.74, 6) is 4.25. The number of allylic oxidation sites excluding steroid dienone is 1. The maximum Gasteiger partial charge on any atom is 0.0137 e. The summed E-state index contributed by atoms with van der Waals surface area (Å²) in [5.41, 5.74) is 0. The predicted molar refractivity (Wildman–Crippen MR) is 70.9 cm³/mol. The van der Waals surface area contributed by atoms with Gasteiger partial charge in [-0.1, -0.05) is 12.2 Å². The molecule has 0 aliphatic heterocycles. The third-order valence-electron chi connectivity index (χ3n) is 4.93. The third kappa shape index (κ3) is 2.17. The Morgan fingerprint density at radius 3 is 2.06 bits per heavy atom. The van der Waals surface area contributed by atoms with Crippen molar-refractivity contribution >= 4 is 12.4 Å². The van der Waals surface area contributed by atoms with E-state index in [0.29, 0.717) is 0 Å². The Hall–Kier alpha value is -0.0100. The topological polar surface area (TPSA) is 12.0 Å². The molecule has 4 aliphatic rings. The van der Waals surface area contributed by atoms with E-state index < -0.39 is 0 Å². The molecule has 1 N–H and O–H groups in total. The molecule has 0 spiro atoms. The second kappa shape index (κ2) is 5.10. The molecule has 4 fully saturated rings. The zero-order valence-electron chi connectivity index (χ0n) is 10.2. The van der Waals surface area contributed by atoms with Gasteiger partial charge in [0, 0.05) is 12.6 Å². The highest BCUT2D eigenvalue weighted by Crippen LogP contribution is 2.53. The van der Waals surface area contributed by atoms with Gasteiger partial charge in [0.2, 0.25) is 0 Å². The Kier molecular flexibility index (Phi) is 3.97. The molecule has 0 aromatic heterocycles. The average molecular weight is 242 g/mol. The molecular weight excluding hydrogens is 218 g/mol. The Balaban J connectivity index is 0.000000963. The molecule has 0 amide bonds. The Morgan fingerprint density at radius 1 is 1.00 bits per heavy atom. The van der Waals surface area contributed by atoms with Crippen LogP contribution in [0.5, 0.6) is 0 Å². The van der Waals surface area contributed by atoms with Crippen molar-refractivity contribution in [3.63, 3.8) is 0 Å². The van der Waals surface area contributed by atoms with Crippen molar-refractivity contribution in [2.45, 2.75) is 45.1 Å². The van der Waals surface area contributed by atoms with Crippen molar-refractivity contribution in [2.24, 2.45) is 23.7 Å². The van der Waals surface area contributed by atoms with Crippen LogP contribution in [0.1, 0.15) is 39.0 Å². The molecule has 4 bridgehead atoms. The highest BCUT2D eigenvalue weighted by molar-refractivity contribution is 5.85. The van der Waals surface area contributed by atoms with Crippen molar-refractivity contribution in [2.75, 3.05) is 6.54 Å². The molecule has 92 valence electrons. The van der Waals surface area contributed by atoms with Gasteiger partial charge in [-0.15, -0.1) is 12.4 Å². The van der Waals surface area contributed by atoms with Crippen LogP contribution >= 0.6 is 12.4 Å². The lowest BCUT2D eigenvalue weighted by Gasteiger charge is -2.54. The first-order chi connectivity index (χ1) is 7.36. The van der Waals surface area contributed by atoms with Crippen molar-refractivity contribution in [3.05, 3.63) is 12.2 Å². The predicted octanol–water partition coefficient (Wildman–Crippen LogP) is 3.40. The first kappa shape index (κ1) is 12.4. The first-order valence-electron chi connectivity index (χ1n) is 6.71. The van der Waals surface area contributed by atoms with Crippen LogP contribution in [0.2, 0.25) is 0 Å². The molecule has 0 unspecified atom stereocenters. The Bertz CT molecular complexity index is 233. The fourth-order valence-electron chi connectivity index (χ4n) is 4.58. The summed E-state index contributed by atoms with van der Waals surface area (Å²) < 4.78 is 0. The lowest BCUT2D eigenvalue weighted by atomic mass is 9.54. The first-order valence-corrected chi connectivity index (χ1v) is 6.71. The van der Waals surface area contributed by atoms with Crippen LogP contribution in [-0.4, -0.2) is 12.6 Å². The van der Waals surface area contributed by atoms with Crippen LogP contribution < -0.4 is 5.32 Å². The van der Waals surface area contributed by atoms with Crippen molar-refractivity contribution < 1.29 is 0 Å². The summed E-state index contributed by atoms with van der Waals surface area (Å²) in [6, 6.07) is 0.856. The fourth-order valence-corrected chi connectivity index (χ4v) is 4.58. The van der Waals surface area contributed by atoms with Crippen LogP contribution in [0.4, 0.5) is 0 Å². The van der Waals surface area contributed by atoms with E-state index in [4.69, 9.17) is 0 Å². The van der Waals surface area contributed by atoms with Gasteiger partial charge in [0.15, 0.2) is 0 Å². The summed E-state index contributed by atoms with van der Waals surface area (Å²) in [7, 11) is 0. The van der Waals surface area contributed by atoms with Gasteiger partial charge in [-0.3, -0.25) is 0 Å². The van der Waals surface area contributed by atoms with Crippen molar-refractivity contribution in [1.29, 1.82) is 0 Å². The highest BCUT2D eigenvalue weighted by atomic mass is 35.5. The number of nitrogens with one attached hydrogen (secondary N) is 1. The van der Waals surface area contributed by atoms with Crippen molar-refractivity contribution in [3.8, 4) is 0 Å². The quantitative estimate of drug-likeness (QED) is 0.747. The maximum atomic E-state index is 3.78. The van der Waals surface area contributed by atoms with Gasteiger partial charge in [0.25, 0.3) is 0 Å². The molecule has 0 saturated heterocycles. The van der Waals surface area contributed by atoms with Gasteiger partial charge < -0.3 is 5.32 Å². The van der Waals surface area contributed by atoms with Crippen LogP contribution in [0.25, 0.3) is 0 Å². The van der Waals surface area contributed by atoms with Gasteiger partial charge in [-0.25, -0.2) is 0 Å². The fraction of sp³-hybridized carbons (Fsp3) is 0.857. The van der Waals surface area contributed by atoms with E-state index in [9.17, 15) is 0 Å². The van der Waals surface area contributed by atoms with Gasteiger partial charge in [-0.05, 0) is 62.7 Å². The molecule has 16 heavy (non-hydrogen) atoms. The van der Waals surface area contributed by atoms with E-state index in [0.717, 1.165) is 36.3 Å². The molecule has 4 saturated carbocycles. The summed E-state index contributed by atoms with van der Waals surface area (Å²) in [6.45, 7) is 3.20. The zero-order valence-corrected chi connectivity index (χ0v) is 11.0. The van der Waals surface area contributed by atoms with Crippen LogP contribution in [0.15, 0.2) is 12.2 Å². The Morgan fingerprint density at radius 2 is 1.56 bits per heavy atom. The smallest absolute Gasteiger partial charge is 0.0137 e. The van der Waals surface area contributed by atoms with Crippen LogP contribution in [0, 0.1) is 23.7 Å². The third-order valence-corrected chi connectivity index (χ3v) is 4.93. The zero-order chi connectivity index (χ0) is 10.3. The lowest BCUT2D eigenvalue weighted by Crippen LogP contribution is -2.54. The second-order valence-electron chi connectivity index (χ2n) is 5.93.